The number of fused-ring (bicyclic) bond motifs is 1. The van der Waals surface area contributed by atoms with Gasteiger partial charge in [0.15, 0.2) is 6.29 Å². The standard InChI is InChI=1S/C15H15NO4/c1-10-5-6-13-12(7-10)11(9-17)8-16(13)14(18)3-2-4-15(19)20/h5-9H,2-4H2,1H3,(H,19,20). The Morgan fingerprint density at radius 3 is 2.70 bits per heavy atom. The molecule has 0 saturated heterocycles. The highest BCUT2D eigenvalue weighted by molar-refractivity contribution is 6.02. The monoisotopic (exact) mass is 273 g/mol. The van der Waals surface area contributed by atoms with Gasteiger partial charge in [0.25, 0.3) is 0 Å². The molecule has 1 aromatic heterocycles. The van der Waals surface area contributed by atoms with E-state index < -0.39 is 5.97 Å². The summed E-state index contributed by atoms with van der Waals surface area (Å²) < 4.78 is 1.43. The SMILES string of the molecule is Cc1ccc2c(c1)c(C=O)cn2C(=O)CCCC(=O)O. The first-order chi connectivity index (χ1) is 9.52. The fraction of sp³-hybridized carbons (Fsp3) is 0.267. The first-order valence-corrected chi connectivity index (χ1v) is 6.35. The molecule has 5 heteroatoms. The Balaban J connectivity index is 2.32. The third-order valence-corrected chi connectivity index (χ3v) is 3.17. The number of aromatic nitrogens is 1. The summed E-state index contributed by atoms with van der Waals surface area (Å²) in [5.41, 5.74) is 2.16. The smallest absolute Gasteiger partial charge is 0.303 e. The zero-order chi connectivity index (χ0) is 14.7. The molecule has 1 heterocycles. The molecule has 0 aliphatic carbocycles. The summed E-state index contributed by atoms with van der Waals surface area (Å²) in [6, 6.07) is 5.53. The van der Waals surface area contributed by atoms with E-state index in [0.717, 1.165) is 17.2 Å². The Bertz CT molecular complexity index is 684. The predicted octanol–water partition coefficient (Wildman–Crippen LogP) is 2.66. The topological polar surface area (TPSA) is 76.4 Å². The predicted molar refractivity (Wildman–Crippen MR) is 74.2 cm³/mol. The van der Waals surface area contributed by atoms with Crippen molar-refractivity contribution in [1.29, 1.82) is 0 Å². The third kappa shape index (κ3) is 2.77. The number of carboxylic acids is 1. The fourth-order valence-corrected chi connectivity index (χ4v) is 2.18. The molecule has 0 unspecified atom stereocenters. The first kappa shape index (κ1) is 14.0. The Hall–Kier alpha value is -2.43. The van der Waals surface area contributed by atoms with E-state index in [4.69, 9.17) is 5.11 Å². The molecule has 0 spiro atoms. The maximum absolute atomic E-state index is 12.1. The van der Waals surface area contributed by atoms with Gasteiger partial charge in [-0.25, -0.2) is 0 Å². The molecular formula is C15H15NO4. The molecule has 0 radical (unpaired) electrons. The van der Waals surface area contributed by atoms with E-state index in [1.54, 1.807) is 6.07 Å². The van der Waals surface area contributed by atoms with Crippen LogP contribution in [0.1, 0.15) is 40.0 Å². The van der Waals surface area contributed by atoms with E-state index in [1.165, 1.54) is 10.8 Å². The van der Waals surface area contributed by atoms with Gasteiger partial charge in [0.1, 0.15) is 0 Å². The molecular weight excluding hydrogens is 258 g/mol. The van der Waals surface area contributed by atoms with Crippen LogP contribution in [0.3, 0.4) is 0 Å². The number of aliphatic carboxylic acids is 1. The number of benzene rings is 1. The van der Waals surface area contributed by atoms with Crippen LogP contribution in [0.2, 0.25) is 0 Å². The molecule has 0 aliphatic rings. The van der Waals surface area contributed by atoms with Crippen LogP contribution in [0.4, 0.5) is 0 Å². The van der Waals surface area contributed by atoms with Gasteiger partial charge in [-0.3, -0.25) is 19.0 Å². The number of hydrogen-bond donors (Lipinski definition) is 1. The van der Waals surface area contributed by atoms with Crippen LogP contribution < -0.4 is 0 Å². The second-order valence-corrected chi connectivity index (χ2v) is 4.73. The maximum Gasteiger partial charge on any atom is 0.303 e. The van der Waals surface area contributed by atoms with E-state index >= 15 is 0 Å². The molecule has 20 heavy (non-hydrogen) atoms. The summed E-state index contributed by atoms with van der Waals surface area (Å²) in [7, 11) is 0. The largest absolute Gasteiger partial charge is 0.481 e. The highest BCUT2D eigenvalue weighted by Gasteiger charge is 2.13. The second kappa shape index (κ2) is 5.69. The van der Waals surface area contributed by atoms with Crippen molar-refractivity contribution in [3.8, 4) is 0 Å². The molecule has 2 rings (SSSR count). The molecule has 0 amide bonds. The summed E-state index contributed by atoms with van der Waals surface area (Å²) in [6.45, 7) is 1.92. The number of rotatable bonds is 5. The van der Waals surface area contributed by atoms with E-state index in [1.807, 2.05) is 19.1 Å². The zero-order valence-corrected chi connectivity index (χ0v) is 11.1. The average molecular weight is 273 g/mol. The highest BCUT2D eigenvalue weighted by Crippen LogP contribution is 2.22. The minimum atomic E-state index is -0.917. The number of nitrogens with zero attached hydrogens (tertiary/aromatic N) is 1. The molecule has 1 N–H and O–H groups in total. The van der Waals surface area contributed by atoms with Gasteiger partial charge in [0.2, 0.25) is 5.91 Å². The lowest BCUT2D eigenvalue weighted by molar-refractivity contribution is -0.137. The molecule has 0 aliphatic heterocycles. The van der Waals surface area contributed by atoms with Crippen LogP contribution in [-0.4, -0.2) is 27.8 Å². The van der Waals surface area contributed by atoms with Crippen molar-refractivity contribution >= 4 is 29.1 Å². The number of carbonyl (C=O) groups is 3. The molecule has 1 aromatic carbocycles. The van der Waals surface area contributed by atoms with E-state index in [9.17, 15) is 14.4 Å². The van der Waals surface area contributed by atoms with Gasteiger partial charge in [-0.2, -0.15) is 0 Å². The van der Waals surface area contributed by atoms with Crippen LogP contribution in [0.5, 0.6) is 0 Å². The average Bonchev–Trinajstić information content (AvgIpc) is 2.76. The van der Waals surface area contributed by atoms with Gasteiger partial charge in [0, 0.05) is 30.0 Å². The minimum Gasteiger partial charge on any atom is -0.481 e. The van der Waals surface area contributed by atoms with Crippen molar-refractivity contribution in [3.05, 3.63) is 35.5 Å². The van der Waals surface area contributed by atoms with Crippen molar-refractivity contribution < 1.29 is 19.5 Å². The van der Waals surface area contributed by atoms with Crippen LogP contribution in [0.15, 0.2) is 24.4 Å². The van der Waals surface area contributed by atoms with Crippen LogP contribution in [-0.2, 0) is 4.79 Å². The minimum absolute atomic E-state index is 0.0371. The van der Waals surface area contributed by atoms with Gasteiger partial charge in [-0.05, 0) is 25.5 Å². The van der Waals surface area contributed by atoms with Gasteiger partial charge in [-0.1, -0.05) is 11.6 Å². The fourth-order valence-electron chi connectivity index (χ4n) is 2.18. The molecule has 2 aromatic rings. The van der Waals surface area contributed by atoms with Crippen molar-refractivity contribution in [2.24, 2.45) is 0 Å². The molecule has 104 valence electrons. The number of hydrogen-bond acceptors (Lipinski definition) is 3. The van der Waals surface area contributed by atoms with Crippen LogP contribution >= 0.6 is 0 Å². The number of aldehydes is 1. The van der Waals surface area contributed by atoms with Gasteiger partial charge >= 0.3 is 5.97 Å². The summed E-state index contributed by atoms with van der Waals surface area (Å²) >= 11 is 0. The molecule has 0 atom stereocenters. The lowest BCUT2D eigenvalue weighted by Gasteiger charge is -2.03. The highest BCUT2D eigenvalue weighted by atomic mass is 16.4. The summed E-state index contributed by atoms with van der Waals surface area (Å²) in [4.78, 5) is 33.6. The van der Waals surface area contributed by atoms with Crippen LogP contribution in [0, 0.1) is 6.92 Å². The Labute approximate surface area is 115 Å². The number of carbonyl (C=O) groups excluding carboxylic acids is 2. The lowest BCUT2D eigenvalue weighted by Crippen LogP contribution is -2.09. The third-order valence-electron chi connectivity index (χ3n) is 3.17. The quantitative estimate of drug-likeness (QED) is 0.850. The maximum atomic E-state index is 12.1. The molecule has 5 nitrogen and oxygen atoms in total. The van der Waals surface area contributed by atoms with Crippen molar-refractivity contribution in [1.82, 2.24) is 4.57 Å². The Morgan fingerprint density at radius 2 is 2.05 bits per heavy atom. The van der Waals surface area contributed by atoms with Crippen LogP contribution in [0.25, 0.3) is 10.9 Å². The zero-order valence-electron chi connectivity index (χ0n) is 11.1. The van der Waals surface area contributed by atoms with Crippen molar-refractivity contribution in [2.75, 3.05) is 0 Å². The first-order valence-electron chi connectivity index (χ1n) is 6.35. The molecule has 0 bridgehead atoms. The number of aryl methyl sites for hydroxylation is 1. The Morgan fingerprint density at radius 1 is 1.30 bits per heavy atom. The van der Waals surface area contributed by atoms with E-state index in [0.29, 0.717) is 11.1 Å². The summed E-state index contributed by atoms with van der Waals surface area (Å²) in [6.07, 6.45) is 2.63. The lowest BCUT2D eigenvalue weighted by atomic mass is 10.1. The summed E-state index contributed by atoms with van der Waals surface area (Å²) in [5, 5.41) is 9.32. The van der Waals surface area contributed by atoms with E-state index in [2.05, 4.69) is 0 Å². The second-order valence-electron chi connectivity index (χ2n) is 4.73. The van der Waals surface area contributed by atoms with Gasteiger partial charge in [-0.15, -0.1) is 0 Å². The normalized spacial score (nSPS) is 10.7. The summed E-state index contributed by atoms with van der Waals surface area (Å²) in [5.74, 6) is -1.12. The number of carboxylic acid groups (broad SMARTS) is 1. The Kier molecular flexibility index (Phi) is 3.98. The van der Waals surface area contributed by atoms with Gasteiger partial charge in [0.05, 0.1) is 5.52 Å². The van der Waals surface area contributed by atoms with Crippen molar-refractivity contribution in [3.63, 3.8) is 0 Å². The molecule has 0 fully saturated rings. The van der Waals surface area contributed by atoms with Gasteiger partial charge < -0.3 is 5.11 Å². The molecule has 0 saturated carbocycles. The van der Waals surface area contributed by atoms with Crippen molar-refractivity contribution in [2.45, 2.75) is 26.2 Å². The van der Waals surface area contributed by atoms with E-state index in [-0.39, 0.29) is 25.2 Å².